The molecule has 0 fully saturated rings. The third-order valence-electron chi connectivity index (χ3n) is 7.07. The van der Waals surface area contributed by atoms with Crippen LogP contribution in [0.2, 0.25) is 0 Å². The zero-order chi connectivity index (χ0) is 30.6. The Morgan fingerprint density at radius 1 is 0.955 bits per heavy atom. The average molecular weight is 609 g/mol. The van der Waals surface area contributed by atoms with Crippen molar-refractivity contribution in [2.75, 3.05) is 6.61 Å². The van der Waals surface area contributed by atoms with Crippen molar-refractivity contribution in [1.82, 2.24) is 4.57 Å². The molecule has 0 saturated heterocycles. The van der Waals surface area contributed by atoms with Crippen LogP contribution in [0.5, 0.6) is 5.75 Å². The van der Waals surface area contributed by atoms with Gasteiger partial charge in [0.25, 0.3) is 5.56 Å². The number of rotatable bonds is 8. The van der Waals surface area contributed by atoms with E-state index in [2.05, 4.69) is 0 Å². The first kappa shape index (κ1) is 28.9. The number of thiazole rings is 1. The van der Waals surface area contributed by atoms with Crippen LogP contribution in [0.3, 0.4) is 0 Å². The van der Waals surface area contributed by atoms with Gasteiger partial charge in [-0.2, -0.15) is 0 Å². The summed E-state index contributed by atoms with van der Waals surface area (Å²) in [5.74, 6) is -0.894. The lowest BCUT2D eigenvalue weighted by atomic mass is 9.93. The van der Waals surface area contributed by atoms with Crippen LogP contribution in [0, 0.1) is 11.6 Å². The maximum atomic E-state index is 14.1. The van der Waals surface area contributed by atoms with Crippen molar-refractivity contribution >= 4 is 29.1 Å². The number of benzene rings is 4. The lowest BCUT2D eigenvalue weighted by Crippen LogP contribution is -2.40. The normalized spacial score (nSPS) is 14.6. The fraction of sp³-hybridized carbons (Fsp3) is 0.114. The van der Waals surface area contributed by atoms with Crippen LogP contribution >= 0.6 is 11.3 Å². The first-order valence-electron chi connectivity index (χ1n) is 13.9. The van der Waals surface area contributed by atoms with Gasteiger partial charge < -0.3 is 9.47 Å². The fourth-order valence-corrected chi connectivity index (χ4v) is 6.02. The van der Waals surface area contributed by atoms with E-state index in [1.807, 2.05) is 36.4 Å². The molecule has 1 aliphatic heterocycles. The van der Waals surface area contributed by atoms with Crippen LogP contribution in [0.1, 0.15) is 35.2 Å². The molecule has 0 spiro atoms. The molecule has 0 N–H and O–H groups in total. The molecule has 0 aliphatic carbocycles. The van der Waals surface area contributed by atoms with Crippen molar-refractivity contribution in [3.8, 4) is 5.75 Å². The van der Waals surface area contributed by atoms with E-state index in [0.717, 1.165) is 0 Å². The van der Waals surface area contributed by atoms with Gasteiger partial charge in [-0.25, -0.2) is 18.6 Å². The molecule has 5 aromatic rings. The Balaban J connectivity index is 1.48. The standard InChI is InChI=1S/C35H26F2N2O4S/c1-2-42-34(41)30-31(23-10-4-3-5-11-23)38-35-39(32(30)24-15-17-26(36)18-16-24)33(40)29(44-35)20-22-9-8-13-27(19-22)43-21-25-12-6-7-14-28(25)37/h3-20,32H,2,21H2,1H3/b29-20-/t32-/m0/s1. The van der Waals surface area contributed by atoms with Gasteiger partial charge >= 0.3 is 5.97 Å². The van der Waals surface area contributed by atoms with Crippen LogP contribution in [-0.2, 0) is 16.1 Å². The van der Waals surface area contributed by atoms with Crippen molar-refractivity contribution in [2.24, 2.45) is 4.99 Å². The first-order chi connectivity index (χ1) is 21.4. The van der Waals surface area contributed by atoms with Gasteiger partial charge in [0.1, 0.15) is 24.0 Å². The highest BCUT2D eigenvalue weighted by molar-refractivity contribution is 7.07. The summed E-state index contributed by atoms with van der Waals surface area (Å²) in [6.07, 6.45) is 1.72. The summed E-state index contributed by atoms with van der Waals surface area (Å²) in [6.45, 7) is 1.88. The second-order valence-corrected chi connectivity index (χ2v) is 10.9. The number of hydrogen-bond acceptors (Lipinski definition) is 6. The van der Waals surface area contributed by atoms with E-state index in [1.54, 1.807) is 61.5 Å². The number of carbonyl (C=O) groups excluding carboxylic acids is 1. The SMILES string of the molecule is CCOC(=O)C1=C(c2ccccc2)N=c2s/c(=C\c3cccc(OCc4ccccc4F)c3)c(=O)n2[C@H]1c1ccc(F)cc1. The average Bonchev–Trinajstić information content (AvgIpc) is 3.35. The lowest BCUT2D eigenvalue weighted by molar-refractivity contribution is -0.138. The Kier molecular flexibility index (Phi) is 8.29. The molecule has 44 heavy (non-hydrogen) atoms. The second kappa shape index (κ2) is 12.6. The third kappa shape index (κ3) is 5.87. The van der Waals surface area contributed by atoms with Crippen LogP contribution in [0.4, 0.5) is 8.78 Å². The molecule has 6 nitrogen and oxygen atoms in total. The number of esters is 1. The van der Waals surface area contributed by atoms with Gasteiger partial charge in [-0.3, -0.25) is 9.36 Å². The Morgan fingerprint density at radius 3 is 2.45 bits per heavy atom. The van der Waals surface area contributed by atoms with Gasteiger partial charge in [0.05, 0.1) is 28.5 Å². The van der Waals surface area contributed by atoms with Crippen LogP contribution in [-0.4, -0.2) is 17.1 Å². The number of ether oxygens (including phenoxy) is 2. The zero-order valence-corrected chi connectivity index (χ0v) is 24.4. The van der Waals surface area contributed by atoms with Gasteiger partial charge in [0, 0.05) is 11.1 Å². The molecule has 0 radical (unpaired) electrons. The number of carbonyl (C=O) groups is 1. The van der Waals surface area contributed by atoms with E-state index in [1.165, 1.54) is 34.1 Å². The minimum atomic E-state index is -0.904. The molecule has 2 heterocycles. The van der Waals surface area contributed by atoms with E-state index < -0.39 is 17.8 Å². The molecule has 0 bridgehead atoms. The van der Waals surface area contributed by atoms with Crippen molar-refractivity contribution in [3.05, 3.63) is 162 Å². The molecule has 1 atom stereocenters. The van der Waals surface area contributed by atoms with Crippen molar-refractivity contribution < 1.29 is 23.0 Å². The first-order valence-corrected chi connectivity index (χ1v) is 14.7. The maximum absolute atomic E-state index is 14.1. The largest absolute Gasteiger partial charge is 0.489 e. The molecule has 220 valence electrons. The summed E-state index contributed by atoms with van der Waals surface area (Å²) in [5.41, 5.74) is 2.54. The topological polar surface area (TPSA) is 69.9 Å². The van der Waals surface area contributed by atoms with Crippen molar-refractivity contribution in [2.45, 2.75) is 19.6 Å². The number of halogens is 2. The molecule has 0 amide bonds. The van der Waals surface area contributed by atoms with Crippen molar-refractivity contribution in [1.29, 1.82) is 0 Å². The van der Waals surface area contributed by atoms with E-state index in [0.29, 0.717) is 43.0 Å². The third-order valence-corrected chi connectivity index (χ3v) is 8.05. The molecular weight excluding hydrogens is 582 g/mol. The predicted octanol–water partition coefficient (Wildman–Crippen LogP) is 5.79. The summed E-state index contributed by atoms with van der Waals surface area (Å²) in [7, 11) is 0. The summed E-state index contributed by atoms with van der Waals surface area (Å²) in [4.78, 5) is 32.7. The highest BCUT2D eigenvalue weighted by Gasteiger charge is 2.35. The fourth-order valence-electron chi connectivity index (χ4n) is 5.02. The second-order valence-electron chi connectivity index (χ2n) is 9.94. The van der Waals surface area contributed by atoms with Crippen LogP contribution in [0.15, 0.2) is 118 Å². The molecule has 1 aromatic heterocycles. The maximum Gasteiger partial charge on any atom is 0.338 e. The molecule has 1 aliphatic rings. The van der Waals surface area contributed by atoms with Gasteiger partial charge in [0.15, 0.2) is 4.80 Å². The van der Waals surface area contributed by atoms with E-state index in [-0.39, 0.29) is 30.2 Å². The number of aromatic nitrogens is 1. The molecule has 0 unspecified atom stereocenters. The summed E-state index contributed by atoms with van der Waals surface area (Å²) in [6, 6.07) is 27.5. The minimum absolute atomic E-state index is 0.0505. The van der Waals surface area contributed by atoms with Gasteiger partial charge in [0.2, 0.25) is 0 Å². The number of nitrogens with zero attached hydrogens (tertiary/aromatic N) is 2. The van der Waals surface area contributed by atoms with Crippen LogP contribution < -0.4 is 19.6 Å². The zero-order valence-electron chi connectivity index (χ0n) is 23.6. The Bertz CT molecular complexity index is 2050. The summed E-state index contributed by atoms with van der Waals surface area (Å²) < 4.78 is 41.2. The van der Waals surface area contributed by atoms with E-state index in [4.69, 9.17) is 14.5 Å². The Labute approximate surface area is 255 Å². The molecule has 9 heteroatoms. The molecule has 6 rings (SSSR count). The highest BCUT2D eigenvalue weighted by atomic mass is 32.1. The predicted molar refractivity (Wildman–Crippen MR) is 165 cm³/mol. The lowest BCUT2D eigenvalue weighted by Gasteiger charge is -2.25. The monoisotopic (exact) mass is 608 g/mol. The molecule has 4 aromatic carbocycles. The Hall–Kier alpha value is -5.15. The van der Waals surface area contributed by atoms with Gasteiger partial charge in [-0.1, -0.05) is 84.1 Å². The van der Waals surface area contributed by atoms with Gasteiger partial charge in [-0.15, -0.1) is 0 Å². The quantitative estimate of drug-likeness (QED) is 0.209. The van der Waals surface area contributed by atoms with E-state index in [9.17, 15) is 18.4 Å². The number of fused-ring (bicyclic) bond motifs is 1. The van der Waals surface area contributed by atoms with Crippen LogP contribution in [0.25, 0.3) is 11.8 Å². The Morgan fingerprint density at radius 2 is 1.70 bits per heavy atom. The van der Waals surface area contributed by atoms with Crippen molar-refractivity contribution in [3.63, 3.8) is 0 Å². The molecular formula is C35H26F2N2O4S. The molecule has 0 saturated carbocycles. The highest BCUT2D eigenvalue weighted by Crippen LogP contribution is 2.35. The summed E-state index contributed by atoms with van der Waals surface area (Å²) >= 11 is 1.18. The smallest absolute Gasteiger partial charge is 0.338 e. The minimum Gasteiger partial charge on any atom is -0.489 e. The number of hydrogen-bond donors (Lipinski definition) is 0. The van der Waals surface area contributed by atoms with E-state index >= 15 is 0 Å². The van der Waals surface area contributed by atoms with Gasteiger partial charge in [-0.05, 0) is 54.5 Å². The summed E-state index contributed by atoms with van der Waals surface area (Å²) in [5, 5.41) is 0.